The molecule has 1 aliphatic heterocycles. The fourth-order valence-electron chi connectivity index (χ4n) is 3.63. The van der Waals surface area contributed by atoms with Gasteiger partial charge >= 0.3 is 5.97 Å². The maximum absolute atomic E-state index is 12.7. The van der Waals surface area contributed by atoms with E-state index in [1.807, 2.05) is 42.5 Å². The Morgan fingerprint density at radius 1 is 1.00 bits per heavy atom. The number of methoxy groups -OCH3 is 1. The number of furan rings is 1. The molecule has 3 aromatic rings. The first kappa shape index (κ1) is 19.8. The third-order valence-electron chi connectivity index (χ3n) is 5.20. The van der Waals surface area contributed by atoms with Gasteiger partial charge in [0.05, 0.1) is 7.11 Å². The third kappa shape index (κ3) is 4.22. The van der Waals surface area contributed by atoms with Gasteiger partial charge < -0.3 is 18.8 Å². The summed E-state index contributed by atoms with van der Waals surface area (Å²) in [5.74, 6) is 0.753. The van der Waals surface area contributed by atoms with Crippen molar-refractivity contribution in [2.45, 2.75) is 25.5 Å². The molecule has 0 aliphatic carbocycles. The molecular weight excluding hydrogens is 382 g/mol. The summed E-state index contributed by atoms with van der Waals surface area (Å²) in [6.07, 6.45) is 1.37. The highest BCUT2D eigenvalue weighted by molar-refractivity contribution is 5.95. The number of nitrogens with zero attached hydrogens (tertiary/aromatic N) is 1. The van der Waals surface area contributed by atoms with Gasteiger partial charge in [-0.2, -0.15) is 0 Å². The second-order valence-corrected chi connectivity index (χ2v) is 7.12. The molecule has 2 heterocycles. The van der Waals surface area contributed by atoms with Gasteiger partial charge in [-0.05, 0) is 48.2 Å². The van der Waals surface area contributed by atoms with Crippen LogP contribution in [0.5, 0.6) is 5.75 Å². The van der Waals surface area contributed by atoms with E-state index >= 15 is 0 Å². The Bertz CT molecular complexity index is 1010. The molecule has 6 heteroatoms. The summed E-state index contributed by atoms with van der Waals surface area (Å²) in [4.78, 5) is 26.1. The van der Waals surface area contributed by atoms with Gasteiger partial charge in [0.25, 0.3) is 5.91 Å². The standard InChI is InChI=1S/C24H23NO5/c1-28-24(27)21-8-5-15-25(21)23(26)22-14-13-20(30-22)16-29-19-11-9-18(10-12-19)17-6-3-2-4-7-17/h2-4,6-7,9-14,21H,5,8,15-16H2,1H3. The number of carbonyl (C=O) groups excluding carboxylic acids is 2. The lowest BCUT2D eigenvalue weighted by molar-refractivity contribution is -0.145. The molecular formula is C24H23NO5. The minimum atomic E-state index is -0.546. The summed E-state index contributed by atoms with van der Waals surface area (Å²) < 4.78 is 16.2. The van der Waals surface area contributed by atoms with Gasteiger partial charge in [-0.3, -0.25) is 4.79 Å². The average molecular weight is 405 g/mol. The second kappa shape index (κ2) is 8.86. The molecule has 1 unspecified atom stereocenters. The van der Waals surface area contributed by atoms with Crippen molar-refractivity contribution < 1.29 is 23.5 Å². The van der Waals surface area contributed by atoms with E-state index in [1.54, 1.807) is 12.1 Å². The maximum Gasteiger partial charge on any atom is 0.328 e. The number of esters is 1. The van der Waals surface area contributed by atoms with E-state index in [0.717, 1.165) is 17.5 Å². The van der Waals surface area contributed by atoms with Gasteiger partial charge in [-0.15, -0.1) is 0 Å². The predicted molar refractivity (Wildman–Crippen MR) is 111 cm³/mol. The highest BCUT2D eigenvalue weighted by Crippen LogP contribution is 2.24. The summed E-state index contributed by atoms with van der Waals surface area (Å²) in [7, 11) is 1.33. The summed E-state index contributed by atoms with van der Waals surface area (Å²) >= 11 is 0. The molecule has 0 radical (unpaired) electrons. The summed E-state index contributed by atoms with van der Waals surface area (Å²) in [6, 6.07) is 20.7. The molecule has 6 nitrogen and oxygen atoms in total. The molecule has 1 aliphatic rings. The van der Waals surface area contributed by atoms with E-state index in [4.69, 9.17) is 13.9 Å². The zero-order valence-electron chi connectivity index (χ0n) is 16.7. The van der Waals surface area contributed by atoms with Crippen molar-refractivity contribution in [1.82, 2.24) is 4.90 Å². The Hall–Kier alpha value is -3.54. The van der Waals surface area contributed by atoms with Gasteiger partial charge in [-0.1, -0.05) is 42.5 Å². The van der Waals surface area contributed by atoms with Crippen molar-refractivity contribution in [3.63, 3.8) is 0 Å². The Morgan fingerprint density at radius 2 is 1.73 bits per heavy atom. The predicted octanol–water partition coefficient (Wildman–Crippen LogP) is 4.30. The van der Waals surface area contributed by atoms with E-state index in [1.165, 1.54) is 12.0 Å². The monoisotopic (exact) mass is 405 g/mol. The second-order valence-electron chi connectivity index (χ2n) is 7.12. The molecule has 0 bridgehead atoms. The van der Waals surface area contributed by atoms with Crippen LogP contribution in [0.3, 0.4) is 0 Å². The summed E-state index contributed by atoms with van der Waals surface area (Å²) in [5.41, 5.74) is 2.25. The average Bonchev–Trinajstić information content (AvgIpc) is 3.48. The van der Waals surface area contributed by atoms with E-state index < -0.39 is 12.0 Å². The van der Waals surface area contributed by atoms with E-state index in [-0.39, 0.29) is 18.3 Å². The molecule has 1 saturated heterocycles. The summed E-state index contributed by atoms with van der Waals surface area (Å²) in [6.45, 7) is 0.720. The molecule has 154 valence electrons. The number of ether oxygens (including phenoxy) is 2. The summed E-state index contributed by atoms with van der Waals surface area (Å²) in [5, 5.41) is 0. The number of amides is 1. The maximum atomic E-state index is 12.7. The van der Waals surface area contributed by atoms with Crippen LogP contribution in [-0.4, -0.2) is 36.5 Å². The third-order valence-corrected chi connectivity index (χ3v) is 5.20. The van der Waals surface area contributed by atoms with Gasteiger partial charge in [-0.25, -0.2) is 4.79 Å². The van der Waals surface area contributed by atoms with Crippen molar-refractivity contribution >= 4 is 11.9 Å². The van der Waals surface area contributed by atoms with Crippen molar-refractivity contribution in [3.8, 4) is 16.9 Å². The lowest BCUT2D eigenvalue weighted by Gasteiger charge is -2.21. The molecule has 30 heavy (non-hydrogen) atoms. The minimum Gasteiger partial charge on any atom is -0.486 e. The highest BCUT2D eigenvalue weighted by atomic mass is 16.5. The molecule has 4 rings (SSSR count). The topological polar surface area (TPSA) is 69.0 Å². The number of hydrogen-bond donors (Lipinski definition) is 0. The molecule has 1 atom stereocenters. The number of benzene rings is 2. The molecule has 1 aromatic heterocycles. The molecule has 0 saturated carbocycles. The Morgan fingerprint density at radius 3 is 2.47 bits per heavy atom. The lowest BCUT2D eigenvalue weighted by Crippen LogP contribution is -2.40. The Kier molecular flexibility index (Phi) is 5.84. The first-order valence-electron chi connectivity index (χ1n) is 9.91. The van der Waals surface area contributed by atoms with E-state index in [0.29, 0.717) is 24.5 Å². The van der Waals surface area contributed by atoms with Crippen molar-refractivity contribution in [3.05, 3.63) is 78.3 Å². The largest absolute Gasteiger partial charge is 0.486 e. The van der Waals surface area contributed by atoms with Crippen LogP contribution in [-0.2, 0) is 16.1 Å². The number of hydrogen-bond acceptors (Lipinski definition) is 5. The number of likely N-dealkylation sites (tertiary alicyclic amines) is 1. The van der Waals surface area contributed by atoms with Crippen LogP contribution >= 0.6 is 0 Å². The SMILES string of the molecule is COC(=O)C1CCCN1C(=O)c1ccc(COc2ccc(-c3ccccc3)cc2)o1. The fourth-order valence-corrected chi connectivity index (χ4v) is 3.63. The van der Waals surface area contributed by atoms with Gasteiger partial charge in [0.1, 0.15) is 24.2 Å². The number of rotatable bonds is 6. The van der Waals surface area contributed by atoms with Crippen molar-refractivity contribution in [1.29, 1.82) is 0 Å². The Balaban J connectivity index is 1.37. The van der Waals surface area contributed by atoms with E-state index in [9.17, 15) is 9.59 Å². The van der Waals surface area contributed by atoms with Crippen molar-refractivity contribution in [2.24, 2.45) is 0 Å². The normalized spacial score (nSPS) is 15.8. The van der Waals surface area contributed by atoms with Crippen LogP contribution in [0.2, 0.25) is 0 Å². The quantitative estimate of drug-likeness (QED) is 0.572. The zero-order chi connectivity index (χ0) is 20.9. The molecule has 1 amide bonds. The fraction of sp³-hybridized carbons (Fsp3) is 0.250. The van der Waals surface area contributed by atoms with Crippen LogP contribution < -0.4 is 4.74 Å². The van der Waals surface area contributed by atoms with Crippen LogP contribution in [0.15, 0.2) is 71.1 Å². The molecule has 0 spiro atoms. The van der Waals surface area contributed by atoms with E-state index in [2.05, 4.69) is 12.1 Å². The molecule has 0 N–H and O–H groups in total. The molecule has 2 aromatic carbocycles. The Labute approximate surface area is 175 Å². The first-order valence-corrected chi connectivity index (χ1v) is 9.91. The van der Waals surface area contributed by atoms with Gasteiger partial charge in [0.15, 0.2) is 5.76 Å². The smallest absolute Gasteiger partial charge is 0.328 e. The van der Waals surface area contributed by atoms with Crippen LogP contribution in [0.1, 0.15) is 29.2 Å². The van der Waals surface area contributed by atoms with Crippen LogP contribution in [0, 0.1) is 0 Å². The van der Waals surface area contributed by atoms with Gasteiger partial charge in [0.2, 0.25) is 0 Å². The van der Waals surface area contributed by atoms with Crippen LogP contribution in [0.25, 0.3) is 11.1 Å². The minimum absolute atomic E-state index is 0.198. The lowest BCUT2D eigenvalue weighted by atomic mass is 10.1. The first-order chi connectivity index (χ1) is 14.7. The molecule has 1 fully saturated rings. The van der Waals surface area contributed by atoms with Crippen LogP contribution in [0.4, 0.5) is 0 Å². The van der Waals surface area contributed by atoms with Gasteiger partial charge in [0, 0.05) is 6.54 Å². The number of carbonyl (C=O) groups is 2. The highest BCUT2D eigenvalue weighted by Gasteiger charge is 2.36. The van der Waals surface area contributed by atoms with Crippen molar-refractivity contribution in [2.75, 3.05) is 13.7 Å². The zero-order valence-corrected chi connectivity index (χ0v) is 16.7.